The smallest absolute Gasteiger partial charge is 0.232 e. The number of anilines is 3. The molecule has 0 saturated carbocycles. The Morgan fingerprint density at radius 1 is 1.04 bits per heavy atom. The molecule has 0 aliphatic carbocycles. The summed E-state index contributed by atoms with van der Waals surface area (Å²) in [4.78, 5) is 11.6. The Labute approximate surface area is 160 Å². The first-order chi connectivity index (χ1) is 13.3. The summed E-state index contributed by atoms with van der Waals surface area (Å²) in [6.07, 6.45) is 2.49. The van der Waals surface area contributed by atoms with Gasteiger partial charge in [-0.15, -0.1) is 0 Å². The SMILES string of the molecule is CN(c1ccccc1)c1nc(NCC2CCCO2)cc(-c2ccccc2)n1. The molecule has 2 heterocycles. The number of nitrogens with one attached hydrogen (secondary N) is 1. The minimum atomic E-state index is 0.260. The molecule has 1 aliphatic heterocycles. The van der Waals surface area contributed by atoms with Crippen molar-refractivity contribution < 1.29 is 4.74 Å². The second-order valence-electron chi connectivity index (χ2n) is 6.71. The maximum absolute atomic E-state index is 5.72. The zero-order valence-electron chi connectivity index (χ0n) is 15.5. The second kappa shape index (κ2) is 8.18. The topological polar surface area (TPSA) is 50.3 Å². The Hall–Kier alpha value is -2.92. The summed E-state index contributed by atoms with van der Waals surface area (Å²) in [6, 6.07) is 22.4. The summed E-state index contributed by atoms with van der Waals surface area (Å²) in [6.45, 7) is 1.62. The molecule has 27 heavy (non-hydrogen) atoms. The maximum atomic E-state index is 5.72. The molecule has 4 rings (SSSR count). The molecule has 1 atom stereocenters. The molecule has 1 fully saturated rings. The minimum Gasteiger partial charge on any atom is -0.376 e. The van der Waals surface area contributed by atoms with Crippen LogP contribution in [-0.4, -0.2) is 36.3 Å². The lowest BCUT2D eigenvalue weighted by atomic mass is 10.1. The van der Waals surface area contributed by atoms with E-state index in [1.165, 1.54) is 0 Å². The van der Waals surface area contributed by atoms with Crippen LogP contribution in [0.4, 0.5) is 17.5 Å². The highest BCUT2D eigenvalue weighted by atomic mass is 16.5. The highest BCUT2D eigenvalue weighted by molar-refractivity contribution is 5.66. The Morgan fingerprint density at radius 2 is 1.78 bits per heavy atom. The van der Waals surface area contributed by atoms with Crippen LogP contribution >= 0.6 is 0 Å². The van der Waals surface area contributed by atoms with Crippen LogP contribution < -0.4 is 10.2 Å². The van der Waals surface area contributed by atoms with Crippen LogP contribution in [0.3, 0.4) is 0 Å². The van der Waals surface area contributed by atoms with Gasteiger partial charge in [0.2, 0.25) is 5.95 Å². The quantitative estimate of drug-likeness (QED) is 0.701. The summed E-state index contributed by atoms with van der Waals surface area (Å²) >= 11 is 0. The fourth-order valence-corrected chi connectivity index (χ4v) is 3.22. The van der Waals surface area contributed by atoms with Crippen molar-refractivity contribution in [3.63, 3.8) is 0 Å². The zero-order chi connectivity index (χ0) is 18.5. The van der Waals surface area contributed by atoms with Crippen molar-refractivity contribution in [2.24, 2.45) is 0 Å². The van der Waals surface area contributed by atoms with Gasteiger partial charge in [-0.1, -0.05) is 48.5 Å². The van der Waals surface area contributed by atoms with E-state index in [1.807, 2.05) is 54.4 Å². The largest absolute Gasteiger partial charge is 0.376 e. The molecule has 0 amide bonds. The predicted molar refractivity (Wildman–Crippen MR) is 109 cm³/mol. The molecular weight excluding hydrogens is 336 g/mol. The third-order valence-corrected chi connectivity index (χ3v) is 4.76. The Balaban J connectivity index is 1.65. The molecule has 0 bridgehead atoms. The van der Waals surface area contributed by atoms with E-state index in [9.17, 15) is 0 Å². The average molecular weight is 360 g/mol. The number of aromatic nitrogens is 2. The standard InChI is InChI=1S/C22H24N4O/c1-26(18-11-6-3-7-12-18)22-24-20(17-9-4-2-5-10-17)15-21(25-22)23-16-19-13-8-14-27-19/h2-7,9-12,15,19H,8,13-14,16H2,1H3,(H,23,24,25). The molecule has 5 heteroatoms. The van der Waals surface area contributed by atoms with Gasteiger partial charge in [0.15, 0.2) is 0 Å². The Kier molecular flexibility index (Phi) is 5.30. The number of hydrogen-bond acceptors (Lipinski definition) is 5. The molecule has 5 nitrogen and oxygen atoms in total. The van der Waals surface area contributed by atoms with Crippen LogP contribution in [0.1, 0.15) is 12.8 Å². The van der Waals surface area contributed by atoms with Gasteiger partial charge in [0.25, 0.3) is 0 Å². The molecular formula is C22H24N4O. The second-order valence-corrected chi connectivity index (χ2v) is 6.71. The highest BCUT2D eigenvalue weighted by Gasteiger charge is 2.16. The van der Waals surface area contributed by atoms with Crippen molar-refractivity contribution in [1.82, 2.24) is 9.97 Å². The normalized spacial score (nSPS) is 16.3. The number of rotatable bonds is 6. The number of para-hydroxylation sites is 1. The van der Waals surface area contributed by atoms with Crippen molar-refractivity contribution in [1.29, 1.82) is 0 Å². The fraction of sp³-hybridized carbons (Fsp3) is 0.273. The summed E-state index contributed by atoms with van der Waals surface area (Å²) in [5, 5.41) is 3.44. The monoisotopic (exact) mass is 360 g/mol. The van der Waals surface area contributed by atoms with Crippen LogP contribution in [-0.2, 0) is 4.74 Å². The third kappa shape index (κ3) is 4.26. The number of ether oxygens (including phenoxy) is 1. The molecule has 0 spiro atoms. The summed E-state index contributed by atoms with van der Waals surface area (Å²) in [7, 11) is 1.99. The van der Waals surface area contributed by atoms with Crippen molar-refractivity contribution in [3.05, 3.63) is 66.7 Å². The van der Waals surface area contributed by atoms with Crippen LogP contribution in [0.25, 0.3) is 11.3 Å². The number of nitrogens with zero attached hydrogens (tertiary/aromatic N) is 3. The van der Waals surface area contributed by atoms with E-state index in [0.29, 0.717) is 5.95 Å². The molecule has 1 saturated heterocycles. The van der Waals surface area contributed by atoms with Gasteiger partial charge in [-0.3, -0.25) is 0 Å². The Morgan fingerprint density at radius 3 is 2.48 bits per heavy atom. The maximum Gasteiger partial charge on any atom is 0.232 e. The van der Waals surface area contributed by atoms with Gasteiger partial charge in [-0.2, -0.15) is 4.98 Å². The number of hydrogen-bond donors (Lipinski definition) is 1. The van der Waals surface area contributed by atoms with Crippen LogP contribution in [0.5, 0.6) is 0 Å². The van der Waals surface area contributed by atoms with Crippen LogP contribution in [0.15, 0.2) is 66.7 Å². The van der Waals surface area contributed by atoms with E-state index < -0.39 is 0 Å². The van der Waals surface area contributed by atoms with Gasteiger partial charge >= 0.3 is 0 Å². The summed E-state index contributed by atoms with van der Waals surface area (Å²) < 4.78 is 5.72. The van der Waals surface area contributed by atoms with Gasteiger partial charge in [-0.05, 0) is 25.0 Å². The third-order valence-electron chi connectivity index (χ3n) is 4.76. The van der Waals surface area contributed by atoms with Crippen molar-refractivity contribution in [3.8, 4) is 11.3 Å². The molecule has 138 valence electrons. The van der Waals surface area contributed by atoms with E-state index in [-0.39, 0.29) is 6.10 Å². The molecule has 3 aromatic rings. The van der Waals surface area contributed by atoms with Gasteiger partial charge in [0.05, 0.1) is 11.8 Å². The lowest BCUT2D eigenvalue weighted by Crippen LogP contribution is -2.20. The van der Waals surface area contributed by atoms with Crippen molar-refractivity contribution in [2.45, 2.75) is 18.9 Å². The molecule has 1 unspecified atom stereocenters. The average Bonchev–Trinajstić information content (AvgIpc) is 3.26. The van der Waals surface area contributed by atoms with Crippen LogP contribution in [0.2, 0.25) is 0 Å². The highest BCUT2D eigenvalue weighted by Crippen LogP contribution is 2.26. The van der Waals surface area contributed by atoms with Crippen molar-refractivity contribution in [2.75, 3.05) is 30.4 Å². The predicted octanol–water partition coefficient (Wildman–Crippen LogP) is 4.50. The van der Waals surface area contributed by atoms with E-state index in [2.05, 4.69) is 29.6 Å². The minimum absolute atomic E-state index is 0.260. The van der Waals surface area contributed by atoms with E-state index in [4.69, 9.17) is 14.7 Å². The van der Waals surface area contributed by atoms with E-state index in [1.54, 1.807) is 0 Å². The van der Waals surface area contributed by atoms with Gasteiger partial charge in [-0.25, -0.2) is 4.98 Å². The first-order valence-electron chi connectivity index (χ1n) is 9.38. The first-order valence-corrected chi connectivity index (χ1v) is 9.38. The number of benzene rings is 2. The molecule has 1 N–H and O–H groups in total. The lowest BCUT2D eigenvalue weighted by molar-refractivity contribution is 0.120. The lowest BCUT2D eigenvalue weighted by Gasteiger charge is -2.20. The van der Waals surface area contributed by atoms with Gasteiger partial charge < -0.3 is 15.0 Å². The van der Waals surface area contributed by atoms with Gasteiger partial charge in [0.1, 0.15) is 5.82 Å². The molecule has 0 radical (unpaired) electrons. The molecule has 2 aromatic carbocycles. The Bertz CT molecular complexity index is 864. The van der Waals surface area contributed by atoms with Gasteiger partial charge in [0, 0.05) is 37.5 Å². The first kappa shape index (κ1) is 17.5. The molecule has 1 aliphatic rings. The van der Waals surface area contributed by atoms with E-state index >= 15 is 0 Å². The molecule has 1 aromatic heterocycles. The summed E-state index contributed by atoms with van der Waals surface area (Å²) in [5.74, 6) is 1.48. The van der Waals surface area contributed by atoms with Crippen LogP contribution in [0, 0.1) is 0 Å². The zero-order valence-corrected chi connectivity index (χ0v) is 15.5. The van der Waals surface area contributed by atoms with E-state index in [0.717, 1.165) is 48.8 Å². The van der Waals surface area contributed by atoms with Crippen molar-refractivity contribution >= 4 is 17.5 Å². The fourth-order valence-electron chi connectivity index (χ4n) is 3.22. The summed E-state index contributed by atoms with van der Waals surface area (Å²) in [5.41, 5.74) is 3.02.